The molecule has 2 heterocycles. The van der Waals surface area contributed by atoms with Crippen molar-refractivity contribution in [2.45, 2.75) is 106 Å². The Balaban J connectivity index is -0.000000203. The van der Waals surface area contributed by atoms with Crippen LogP contribution in [0.3, 0.4) is 0 Å². The molecular weight excluding hydrogens is 625 g/mol. The van der Waals surface area contributed by atoms with Gasteiger partial charge in [0.2, 0.25) is 0 Å². The standard InChI is InChI=1S/C19H18ClN3.C7H16.C6H13F2N.C2H4.CH3F.2CH2O/c1-4-5-15(19-7-6-13(2)11-23-19)8-16(10-21)18-9-17(20)12-22-14(18)3;1-4-6-7(3)5-2;1-3-4-5(9-2)6(7)8;4*1-2/h6-7,9,11-12H,4-5H2,1-3H3;7H,4-6H2,1-3H3;5-6,9H,3-4H2,1-2H3;1-2H2;1H3;2*1H2. The first-order valence-electron chi connectivity index (χ1n) is 15.4. The number of nitrogens with one attached hydrogen (secondary N) is 1. The Morgan fingerprint density at radius 2 is 1.51 bits per heavy atom. The zero-order valence-corrected chi connectivity index (χ0v) is 30.8. The van der Waals surface area contributed by atoms with Gasteiger partial charge in [0.05, 0.1) is 23.9 Å². The number of rotatable bonds is 11. The number of nitrogens with zero attached hydrogens (tertiary/aromatic N) is 3. The van der Waals surface area contributed by atoms with E-state index < -0.39 is 12.5 Å². The molecule has 0 fully saturated rings. The number of halogens is 4. The van der Waals surface area contributed by atoms with Gasteiger partial charge in [-0.2, -0.15) is 5.26 Å². The topological polar surface area (TPSA) is 95.7 Å². The molecule has 0 aliphatic rings. The summed E-state index contributed by atoms with van der Waals surface area (Å²) in [7, 11) is 2.06. The number of alkyl halides is 3. The van der Waals surface area contributed by atoms with Crippen LogP contribution in [0.5, 0.6) is 0 Å². The molecule has 10 heteroatoms. The Labute approximate surface area is 288 Å². The van der Waals surface area contributed by atoms with E-state index in [0.29, 0.717) is 29.8 Å². The van der Waals surface area contributed by atoms with Crippen molar-refractivity contribution in [2.24, 2.45) is 5.92 Å². The predicted octanol–water partition coefficient (Wildman–Crippen LogP) is 10.6. The molecule has 2 unspecified atom stereocenters. The molecule has 47 heavy (non-hydrogen) atoms. The van der Waals surface area contributed by atoms with Crippen LogP contribution in [0.4, 0.5) is 13.2 Å². The third-order valence-corrected chi connectivity index (χ3v) is 6.39. The Kier molecular flexibility index (Phi) is 43.5. The first-order chi connectivity index (χ1) is 22.6. The lowest BCUT2D eigenvalue weighted by molar-refractivity contribution is -0.0987. The van der Waals surface area contributed by atoms with E-state index in [2.05, 4.69) is 67.9 Å². The van der Waals surface area contributed by atoms with Gasteiger partial charge in [-0.05, 0) is 57.4 Å². The van der Waals surface area contributed by atoms with E-state index in [9.17, 15) is 18.4 Å². The second-order valence-electron chi connectivity index (χ2n) is 9.67. The van der Waals surface area contributed by atoms with Crippen molar-refractivity contribution in [2.75, 3.05) is 14.2 Å². The zero-order valence-electron chi connectivity index (χ0n) is 30.1. The largest absolute Gasteiger partial charge is 0.312 e. The highest BCUT2D eigenvalue weighted by atomic mass is 35.5. The van der Waals surface area contributed by atoms with E-state index in [1.807, 2.05) is 52.7 Å². The zero-order chi connectivity index (χ0) is 37.8. The molecule has 0 aliphatic heterocycles. The van der Waals surface area contributed by atoms with Crippen molar-refractivity contribution in [3.63, 3.8) is 0 Å². The number of carbonyl (C=O) groups excluding carboxylic acids is 2. The van der Waals surface area contributed by atoms with Crippen LogP contribution in [0.25, 0.3) is 11.1 Å². The quantitative estimate of drug-likeness (QED) is 0.144. The molecule has 0 radical (unpaired) electrons. The number of pyridine rings is 2. The van der Waals surface area contributed by atoms with Gasteiger partial charge in [-0.25, -0.2) is 8.78 Å². The Bertz CT molecular complexity index is 1110. The summed E-state index contributed by atoms with van der Waals surface area (Å²) < 4.78 is 33.1. The molecular formula is C37H58ClF3N4O2. The van der Waals surface area contributed by atoms with Crippen molar-refractivity contribution in [1.82, 2.24) is 15.3 Å². The molecule has 266 valence electrons. The Hall–Kier alpha value is -3.57. The lowest BCUT2D eigenvalue weighted by Crippen LogP contribution is -2.32. The predicted molar refractivity (Wildman–Crippen MR) is 194 cm³/mol. The van der Waals surface area contributed by atoms with Gasteiger partial charge >= 0.3 is 0 Å². The fourth-order valence-electron chi connectivity index (χ4n) is 3.62. The first kappa shape index (κ1) is 52.9. The molecule has 0 saturated heterocycles. The SMILES string of the molecule is C=C.C=O.C=O.CCCC(=C=C(C#N)c1cc(Cl)cnc1C)c1ccc(C)cn1.CCCC(C)CC.CCCC(NC)C(F)F.CF. The van der Waals surface area contributed by atoms with E-state index in [1.165, 1.54) is 19.3 Å². The van der Waals surface area contributed by atoms with Crippen molar-refractivity contribution in [1.29, 1.82) is 5.26 Å². The Morgan fingerprint density at radius 3 is 1.85 bits per heavy atom. The number of allylic oxidation sites excluding steroid dienone is 1. The number of nitriles is 1. The highest BCUT2D eigenvalue weighted by molar-refractivity contribution is 6.30. The summed E-state index contributed by atoms with van der Waals surface area (Å²) in [5.41, 5.74) is 8.00. The molecule has 0 aliphatic carbocycles. The van der Waals surface area contributed by atoms with Gasteiger partial charge in [0.15, 0.2) is 0 Å². The summed E-state index contributed by atoms with van der Waals surface area (Å²) in [5, 5.41) is 12.6. The van der Waals surface area contributed by atoms with Crippen LogP contribution in [0.1, 0.15) is 102 Å². The van der Waals surface area contributed by atoms with Gasteiger partial charge in [0, 0.05) is 29.2 Å². The molecule has 0 spiro atoms. The third kappa shape index (κ3) is 27.3. The molecule has 0 amide bonds. The molecule has 6 nitrogen and oxygen atoms in total. The fraction of sp³-hybridized carbons (Fsp3) is 0.514. The average molecular weight is 683 g/mol. The molecule has 0 aromatic carbocycles. The van der Waals surface area contributed by atoms with Crippen molar-refractivity contribution >= 4 is 36.3 Å². The summed E-state index contributed by atoms with van der Waals surface area (Å²) in [6, 6.07) is 7.33. The van der Waals surface area contributed by atoms with Crippen LogP contribution < -0.4 is 5.32 Å². The van der Waals surface area contributed by atoms with Gasteiger partial charge in [-0.3, -0.25) is 14.4 Å². The van der Waals surface area contributed by atoms with Crippen LogP contribution in [-0.2, 0) is 9.59 Å². The summed E-state index contributed by atoms with van der Waals surface area (Å²) >= 11 is 6.02. The van der Waals surface area contributed by atoms with Gasteiger partial charge in [0.1, 0.15) is 25.2 Å². The highest BCUT2D eigenvalue weighted by Gasteiger charge is 2.15. The second-order valence-corrected chi connectivity index (χ2v) is 10.1. The lowest BCUT2D eigenvalue weighted by Gasteiger charge is -2.12. The maximum absolute atomic E-state index is 11.8. The molecule has 2 atom stereocenters. The molecule has 2 aromatic heterocycles. The Morgan fingerprint density at radius 1 is 0.957 bits per heavy atom. The second kappa shape index (κ2) is 38.6. The van der Waals surface area contributed by atoms with Gasteiger partial charge < -0.3 is 14.9 Å². The summed E-state index contributed by atoms with van der Waals surface area (Å²) in [6.07, 6.45) is 8.36. The summed E-state index contributed by atoms with van der Waals surface area (Å²) in [4.78, 5) is 24.7. The van der Waals surface area contributed by atoms with Gasteiger partial charge in [-0.1, -0.05) is 90.1 Å². The van der Waals surface area contributed by atoms with E-state index in [-0.39, 0.29) is 0 Å². The summed E-state index contributed by atoms with van der Waals surface area (Å²) in [6.45, 7) is 24.6. The first-order valence-corrected chi connectivity index (χ1v) is 15.8. The number of aromatic nitrogens is 2. The third-order valence-electron chi connectivity index (χ3n) is 6.18. The van der Waals surface area contributed by atoms with Gasteiger partial charge in [0.25, 0.3) is 6.43 Å². The summed E-state index contributed by atoms with van der Waals surface area (Å²) in [5.74, 6) is 0.949. The van der Waals surface area contributed by atoms with E-state index in [0.717, 1.165) is 47.7 Å². The normalized spacial score (nSPS) is 10.1. The minimum absolute atomic E-state index is 0.434. The van der Waals surface area contributed by atoms with Crippen molar-refractivity contribution in [3.8, 4) is 6.07 Å². The monoisotopic (exact) mass is 682 g/mol. The van der Waals surface area contributed by atoms with Crippen molar-refractivity contribution in [3.05, 3.63) is 77.0 Å². The number of hydrogen-bond acceptors (Lipinski definition) is 6. The molecule has 2 rings (SSSR count). The van der Waals surface area contributed by atoms with Crippen molar-refractivity contribution < 1.29 is 22.8 Å². The minimum Gasteiger partial charge on any atom is -0.312 e. The highest BCUT2D eigenvalue weighted by Crippen LogP contribution is 2.24. The van der Waals surface area contributed by atoms with Gasteiger partial charge in [-0.15, -0.1) is 13.2 Å². The molecule has 0 saturated carbocycles. The number of aryl methyl sites for hydroxylation is 2. The molecule has 2 aromatic rings. The fourth-order valence-corrected chi connectivity index (χ4v) is 3.78. The van der Waals surface area contributed by atoms with E-state index in [1.54, 1.807) is 19.3 Å². The molecule has 0 bridgehead atoms. The van der Waals surface area contributed by atoms with E-state index in [4.69, 9.17) is 21.2 Å². The number of carbonyl (C=O) groups is 2. The van der Waals surface area contributed by atoms with Crippen LogP contribution in [0.15, 0.2) is 49.5 Å². The maximum Gasteiger partial charge on any atom is 0.253 e. The maximum atomic E-state index is 11.8. The lowest BCUT2D eigenvalue weighted by atomic mass is 10.0. The van der Waals surface area contributed by atoms with Crippen LogP contribution >= 0.6 is 11.6 Å². The van der Waals surface area contributed by atoms with E-state index >= 15 is 0 Å². The van der Waals surface area contributed by atoms with Crippen LogP contribution in [0, 0.1) is 31.1 Å². The van der Waals surface area contributed by atoms with Crippen LogP contribution in [-0.4, -0.2) is 50.2 Å². The smallest absolute Gasteiger partial charge is 0.253 e. The average Bonchev–Trinajstić information content (AvgIpc) is 3.11. The molecule has 1 N–H and O–H groups in total. The minimum atomic E-state index is -2.23. The van der Waals surface area contributed by atoms with Crippen LogP contribution in [0.2, 0.25) is 5.02 Å². The number of hydrogen-bond donors (Lipinski definition) is 1.